The Balaban J connectivity index is 1.55. The number of carbonyl (C=O) groups is 1. The van der Waals surface area contributed by atoms with E-state index in [1.165, 1.54) is 0 Å². The van der Waals surface area contributed by atoms with Gasteiger partial charge in [0.05, 0.1) is 37.2 Å². The minimum Gasteiger partial charge on any atom is -0.504 e. The first-order valence-electron chi connectivity index (χ1n) is 13.1. The molecule has 1 aliphatic heterocycles. The summed E-state index contributed by atoms with van der Waals surface area (Å²) in [7, 11) is 1.63. The van der Waals surface area contributed by atoms with Crippen LogP contribution in [0.15, 0.2) is 71.9 Å². The number of phenols is 1. The quantitative estimate of drug-likeness (QED) is 0.329. The predicted molar refractivity (Wildman–Crippen MR) is 148 cm³/mol. The van der Waals surface area contributed by atoms with E-state index in [9.17, 15) is 9.90 Å². The summed E-state index contributed by atoms with van der Waals surface area (Å²) in [5.74, 6) is 1.88. The molecule has 7 nitrogen and oxygen atoms in total. The van der Waals surface area contributed by atoms with E-state index in [4.69, 9.17) is 14.2 Å². The van der Waals surface area contributed by atoms with Crippen molar-refractivity contribution in [2.75, 3.05) is 24.4 Å². The van der Waals surface area contributed by atoms with Crippen LogP contribution in [0, 0.1) is 0 Å². The molecule has 198 valence electrons. The van der Waals surface area contributed by atoms with Crippen LogP contribution in [-0.4, -0.2) is 30.7 Å². The average Bonchev–Trinajstić information content (AvgIpc) is 3.07. The number of nitrogens with one attached hydrogen (secondary N) is 2. The highest BCUT2D eigenvalue weighted by molar-refractivity contribution is 6.01. The zero-order chi connectivity index (χ0) is 26.8. The van der Waals surface area contributed by atoms with Gasteiger partial charge in [-0.3, -0.25) is 4.79 Å². The molecule has 2 unspecified atom stereocenters. The summed E-state index contributed by atoms with van der Waals surface area (Å²) in [6.07, 6.45) is 1.07. The summed E-state index contributed by atoms with van der Waals surface area (Å²) in [6.45, 7) is 6.26. The number of carbonyl (C=O) groups excluding carboxylic acids is 1. The van der Waals surface area contributed by atoms with Gasteiger partial charge in [-0.1, -0.05) is 24.3 Å². The van der Waals surface area contributed by atoms with E-state index in [-0.39, 0.29) is 23.6 Å². The van der Waals surface area contributed by atoms with E-state index in [0.29, 0.717) is 42.3 Å². The van der Waals surface area contributed by atoms with Gasteiger partial charge in [-0.05, 0) is 80.6 Å². The van der Waals surface area contributed by atoms with Gasteiger partial charge in [-0.15, -0.1) is 0 Å². The number of allylic oxidation sites excluding steroid dienone is 1. The maximum Gasteiger partial charge on any atom is 0.163 e. The SMILES string of the molecule is CCOc1cc(C2Nc3ccccc3NC3=C2C(=O)CC(c2ccc(OC(C)C)c(OC)c2)C3)ccc1O. The first-order valence-corrected chi connectivity index (χ1v) is 13.1. The topological polar surface area (TPSA) is 89.1 Å². The molecule has 0 aromatic heterocycles. The number of rotatable bonds is 7. The largest absolute Gasteiger partial charge is 0.504 e. The monoisotopic (exact) mass is 514 g/mol. The van der Waals surface area contributed by atoms with Gasteiger partial charge in [0.1, 0.15) is 0 Å². The molecular formula is C31H34N2O5. The number of methoxy groups -OCH3 is 1. The van der Waals surface area contributed by atoms with Crippen molar-refractivity contribution >= 4 is 17.2 Å². The van der Waals surface area contributed by atoms with Gasteiger partial charge in [0, 0.05) is 17.7 Å². The molecule has 3 aromatic rings. The summed E-state index contributed by atoms with van der Waals surface area (Å²) in [5, 5.41) is 17.4. The van der Waals surface area contributed by atoms with Crippen LogP contribution < -0.4 is 24.8 Å². The number of Topliss-reactive ketones (excluding diaryl/α,β-unsaturated/α-hetero) is 1. The molecule has 1 heterocycles. The van der Waals surface area contributed by atoms with Crippen molar-refractivity contribution in [1.82, 2.24) is 0 Å². The van der Waals surface area contributed by atoms with Crippen molar-refractivity contribution in [2.45, 2.75) is 51.7 Å². The molecule has 0 radical (unpaired) electrons. The lowest BCUT2D eigenvalue weighted by Crippen LogP contribution is -2.27. The highest BCUT2D eigenvalue weighted by atomic mass is 16.5. The molecule has 38 heavy (non-hydrogen) atoms. The smallest absolute Gasteiger partial charge is 0.163 e. The van der Waals surface area contributed by atoms with Gasteiger partial charge in [-0.25, -0.2) is 0 Å². The molecule has 0 saturated carbocycles. The van der Waals surface area contributed by atoms with E-state index in [1.807, 2.05) is 75.4 Å². The number of para-hydroxylation sites is 2. The van der Waals surface area contributed by atoms with Gasteiger partial charge in [0.2, 0.25) is 0 Å². The number of benzene rings is 3. The Morgan fingerprint density at radius 2 is 1.68 bits per heavy atom. The second kappa shape index (κ2) is 10.7. The Morgan fingerprint density at radius 3 is 2.42 bits per heavy atom. The number of phenolic OH excluding ortho intramolecular Hbond substituents is 1. The Labute approximate surface area is 223 Å². The lowest BCUT2D eigenvalue weighted by molar-refractivity contribution is -0.116. The molecule has 1 aliphatic carbocycles. The van der Waals surface area contributed by atoms with Crippen LogP contribution in [0.4, 0.5) is 11.4 Å². The fraction of sp³-hybridized carbons (Fsp3) is 0.323. The number of ether oxygens (including phenoxy) is 3. The number of hydrogen-bond acceptors (Lipinski definition) is 7. The second-order valence-corrected chi connectivity index (χ2v) is 9.91. The van der Waals surface area contributed by atoms with Crippen molar-refractivity contribution in [3.05, 3.63) is 83.1 Å². The number of hydrogen-bond donors (Lipinski definition) is 3. The number of fused-ring (bicyclic) bond motifs is 1. The van der Waals surface area contributed by atoms with Crippen LogP contribution in [0.5, 0.6) is 23.0 Å². The molecule has 0 amide bonds. The third-order valence-corrected chi connectivity index (χ3v) is 6.95. The second-order valence-electron chi connectivity index (χ2n) is 9.91. The zero-order valence-electron chi connectivity index (χ0n) is 22.2. The molecule has 3 N–H and O–H groups in total. The minimum absolute atomic E-state index is 0.0135. The molecular weight excluding hydrogens is 480 g/mol. The fourth-order valence-corrected chi connectivity index (χ4v) is 5.25. The van der Waals surface area contributed by atoms with E-state index in [1.54, 1.807) is 13.2 Å². The van der Waals surface area contributed by atoms with Gasteiger partial charge < -0.3 is 30.0 Å². The van der Waals surface area contributed by atoms with Crippen molar-refractivity contribution < 1.29 is 24.1 Å². The van der Waals surface area contributed by atoms with E-state index >= 15 is 0 Å². The molecule has 5 rings (SSSR count). The van der Waals surface area contributed by atoms with Gasteiger partial charge >= 0.3 is 0 Å². The summed E-state index contributed by atoms with van der Waals surface area (Å²) in [4.78, 5) is 13.9. The van der Waals surface area contributed by atoms with Crippen LogP contribution in [-0.2, 0) is 4.79 Å². The van der Waals surface area contributed by atoms with Crippen LogP contribution >= 0.6 is 0 Å². The van der Waals surface area contributed by atoms with Crippen LogP contribution in [0.1, 0.15) is 56.7 Å². The highest BCUT2D eigenvalue weighted by Gasteiger charge is 2.36. The Kier molecular flexibility index (Phi) is 7.18. The number of ketones is 1. The van der Waals surface area contributed by atoms with Crippen molar-refractivity contribution in [2.24, 2.45) is 0 Å². The lowest BCUT2D eigenvalue weighted by Gasteiger charge is -2.30. The van der Waals surface area contributed by atoms with E-state index < -0.39 is 6.04 Å². The predicted octanol–water partition coefficient (Wildman–Crippen LogP) is 6.57. The Bertz CT molecular complexity index is 1380. The molecule has 2 aliphatic rings. The maximum atomic E-state index is 13.9. The summed E-state index contributed by atoms with van der Waals surface area (Å²) < 4.78 is 17.1. The van der Waals surface area contributed by atoms with Gasteiger partial charge in [0.15, 0.2) is 28.8 Å². The van der Waals surface area contributed by atoms with Crippen LogP contribution in [0.2, 0.25) is 0 Å². The average molecular weight is 515 g/mol. The van der Waals surface area contributed by atoms with Crippen molar-refractivity contribution in [3.8, 4) is 23.0 Å². The first kappa shape index (κ1) is 25.5. The molecule has 3 aromatic carbocycles. The van der Waals surface area contributed by atoms with Crippen LogP contribution in [0.25, 0.3) is 0 Å². The minimum atomic E-state index is -0.397. The van der Waals surface area contributed by atoms with Gasteiger partial charge in [-0.2, -0.15) is 0 Å². The number of anilines is 2. The maximum absolute atomic E-state index is 13.9. The third-order valence-electron chi connectivity index (χ3n) is 6.95. The number of aromatic hydroxyl groups is 1. The van der Waals surface area contributed by atoms with E-state index in [0.717, 1.165) is 28.2 Å². The summed E-state index contributed by atoms with van der Waals surface area (Å²) in [5.41, 5.74) is 5.29. The van der Waals surface area contributed by atoms with E-state index in [2.05, 4.69) is 10.6 Å². The standard InChI is InChI=1S/C31H34N2O5/c1-5-37-28-17-20(10-12-25(28)34)31-30-24(32-22-8-6-7-9-23(22)33-31)14-21(15-26(30)35)19-11-13-27(38-18(2)3)29(16-19)36-4/h6-13,16-18,21,31-34H,5,14-15H2,1-4H3. The molecule has 0 fully saturated rings. The fourth-order valence-electron chi connectivity index (χ4n) is 5.25. The molecule has 0 saturated heterocycles. The lowest BCUT2D eigenvalue weighted by atomic mass is 9.78. The van der Waals surface area contributed by atoms with Gasteiger partial charge in [0.25, 0.3) is 0 Å². The normalized spacial score (nSPS) is 18.6. The summed E-state index contributed by atoms with van der Waals surface area (Å²) >= 11 is 0. The molecule has 7 heteroatoms. The molecule has 2 atom stereocenters. The Morgan fingerprint density at radius 1 is 0.947 bits per heavy atom. The summed E-state index contributed by atoms with van der Waals surface area (Å²) in [6, 6.07) is 18.8. The van der Waals surface area contributed by atoms with Crippen LogP contribution in [0.3, 0.4) is 0 Å². The third kappa shape index (κ3) is 5.01. The van der Waals surface area contributed by atoms with Crippen molar-refractivity contribution in [3.63, 3.8) is 0 Å². The zero-order valence-corrected chi connectivity index (χ0v) is 22.2. The highest BCUT2D eigenvalue weighted by Crippen LogP contribution is 2.46. The molecule has 0 spiro atoms. The van der Waals surface area contributed by atoms with Crippen molar-refractivity contribution in [1.29, 1.82) is 0 Å². The molecule has 0 bridgehead atoms. The Hall–Kier alpha value is -4.13. The first-order chi connectivity index (χ1) is 18.4.